The quantitative estimate of drug-likeness (QED) is 0.435. The number of benzene rings is 3. The van der Waals surface area contributed by atoms with Gasteiger partial charge in [0, 0.05) is 28.5 Å². The maximum Gasteiger partial charge on any atom is 0.229 e. The Hall–Kier alpha value is -3.61. The number of hydrogen-bond donors (Lipinski definition) is 2. The van der Waals surface area contributed by atoms with E-state index in [1.54, 1.807) is 34.1 Å². The molecule has 0 amide bonds. The van der Waals surface area contributed by atoms with E-state index in [9.17, 15) is 15.0 Å². The highest BCUT2D eigenvalue weighted by atomic mass is 16.8. The Kier molecular flexibility index (Phi) is 6.90. The number of aliphatic hydroxyl groups is 2. The molecule has 1 aliphatic carbocycles. The van der Waals surface area contributed by atoms with Crippen molar-refractivity contribution < 1.29 is 52.9 Å². The highest BCUT2D eigenvalue weighted by molar-refractivity contribution is 6.16. The van der Waals surface area contributed by atoms with Crippen LogP contribution >= 0.6 is 0 Å². The summed E-state index contributed by atoms with van der Waals surface area (Å²) in [5.74, 6) is 1.55. The average molecular weight is 595 g/mol. The Morgan fingerprint density at radius 1 is 0.907 bits per heavy atom. The number of aliphatic hydroxyl groups excluding tert-OH is 2. The van der Waals surface area contributed by atoms with Crippen LogP contribution in [0.1, 0.15) is 36.2 Å². The third kappa shape index (κ3) is 4.58. The largest absolute Gasteiger partial charge is 0.493 e. The minimum Gasteiger partial charge on any atom is -0.493 e. The van der Waals surface area contributed by atoms with E-state index < -0.39 is 36.5 Å². The van der Waals surface area contributed by atoms with Gasteiger partial charge in [-0.15, -0.1) is 0 Å². The van der Waals surface area contributed by atoms with Crippen molar-refractivity contribution in [2.24, 2.45) is 0 Å². The first-order valence-corrected chi connectivity index (χ1v) is 14.4. The second-order valence-electron chi connectivity index (χ2n) is 11.5. The third-order valence-corrected chi connectivity index (χ3v) is 8.44. The van der Waals surface area contributed by atoms with Crippen LogP contribution in [-0.2, 0) is 20.6 Å². The third-order valence-electron chi connectivity index (χ3n) is 8.44. The van der Waals surface area contributed by atoms with Gasteiger partial charge in [-0.25, -0.2) is 0 Å². The summed E-state index contributed by atoms with van der Waals surface area (Å²) in [6.45, 7) is 4.01. The minimum absolute atomic E-state index is 0.0332. The number of methoxy groups -OCH3 is 2. The van der Waals surface area contributed by atoms with Crippen LogP contribution in [0.2, 0.25) is 0 Å². The molecule has 5 unspecified atom stereocenters. The molecule has 0 saturated carbocycles. The van der Waals surface area contributed by atoms with Gasteiger partial charge in [0.1, 0.15) is 43.4 Å². The first kappa shape index (κ1) is 28.2. The van der Waals surface area contributed by atoms with Crippen molar-refractivity contribution in [1.29, 1.82) is 0 Å². The van der Waals surface area contributed by atoms with E-state index >= 15 is 0 Å². The predicted octanol–water partition coefficient (Wildman–Crippen LogP) is 3.40. The van der Waals surface area contributed by atoms with Crippen molar-refractivity contribution in [1.82, 2.24) is 0 Å². The van der Waals surface area contributed by atoms with Crippen LogP contribution in [0, 0.1) is 0 Å². The number of fused-ring (bicyclic) bond motifs is 4. The summed E-state index contributed by atoms with van der Waals surface area (Å²) in [6.07, 6.45) is -4.01. The van der Waals surface area contributed by atoms with Crippen LogP contribution in [0.5, 0.6) is 28.7 Å². The summed E-state index contributed by atoms with van der Waals surface area (Å²) in [5, 5.41) is 22.8. The molecule has 3 aromatic rings. The molecule has 2 saturated heterocycles. The molecule has 0 spiro atoms. The first-order chi connectivity index (χ1) is 20.7. The fourth-order valence-electron chi connectivity index (χ4n) is 6.59. The first-order valence-electron chi connectivity index (χ1n) is 14.4. The van der Waals surface area contributed by atoms with Gasteiger partial charge in [0.25, 0.3) is 0 Å². The maximum absolute atomic E-state index is 13.6. The van der Waals surface area contributed by atoms with Crippen molar-refractivity contribution in [3.63, 3.8) is 0 Å². The summed E-state index contributed by atoms with van der Waals surface area (Å²) in [4.78, 5) is 13.6. The summed E-state index contributed by atoms with van der Waals surface area (Å²) in [7, 11) is 3.09. The second kappa shape index (κ2) is 10.5. The lowest BCUT2D eigenvalue weighted by Crippen LogP contribution is -2.58. The highest BCUT2D eigenvalue weighted by Gasteiger charge is 2.55. The average Bonchev–Trinajstić information content (AvgIpc) is 3.56. The highest BCUT2D eigenvalue weighted by Crippen LogP contribution is 2.50. The molecule has 43 heavy (non-hydrogen) atoms. The van der Waals surface area contributed by atoms with E-state index in [4.69, 9.17) is 37.9 Å². The van der Waals surface area contributed by atoms with E-state index in [0.717, 1.165) is 5.56 Å². The fourth-order valence-corrected chi connectivity index (χ4v) is 6.59. The van der Waals surface area contributed by atoms with E-state index in [1.165, 1.54) is 0 Å². The van der Waals surface area contributed by atoms with E-state index in [0.29, 0.717) is 75.8 Å². The van der Waals surface area contributed by atoms with Gasteiger partial charge < -0.3 is 48.1 Å². The summed E-state index contributed by atoms with van der Waals surface area (Å²) in [6, 6.07) is 9.25. The Bertz CT molecular complexity index is 1600. The number of ether oxygens (including phenoxy) is 8. The normalized spacial score (nSPS) is 27.1. The topological polar surface area (TPSA) is 131 Å². The molecule has 5 atom stereocenters. The SMILES string of the molecule is COc1cc2c(OC3OC(CO)C4OC(C)(C)OC4C3O)c3c(c(-c4ccc5c(c4)OCCO5)c2cc1OC)C(=O)CC3. The molecule has 3 aromatic carbocycles. The smallest absolute Gasteiger partial charge is 0.229 e. The predicted molar refractivity (Wildman–Crippen MR) is 152 cm³/mol. The fraction of sp³-hybridized carbons (Fsp3) is 0.469. The molecular formula is C32H34O11. The van der Waals surface area contributed by atoms with Crippen molar-refractivity contribution in [2.45, 2.75) is 63.2 Å². The van der Waals surface area contributed by atoms with E-state index in [1.807, 2.05) is 24.3 Å². The zero-order chi connectivity index (χ0) is 30.0. The molecule has 4 aliphatic rings. The van der Waals surface area contributed by atoms with Gasteiger partial charge in [-0.05, 0) is 55.5 Å². The molecule has 7 rings (SSSR count). The molecule has 2 fully saturated rings. The van der Waals surface area contributed by atoms with Crippen molar-refractivity contribution in [2.75, 3.05) is 34.0 Å². The number of ketones is 1. The molecule has 3 aliphatic heterocycles. The van der Waals surface area contributed by atoms with Crippen molar-refractivity contribution in [3.05, 3.63) is 41.5 Å². The molecular weight excluding hydrogens is 560 g/mol. The summed E-state index contributed by atoms with van der Waals surface area (Å²) in [5.41, 5.74) is 2.70. The van der Waals surface area contributed by atoms with Crippen LogP contribution in [-0.4, -0.2) is 86.5 Å². The number of carbonyl (C=O) groups excluding carboxylic acids is 1. The monoisotopic (exact) mass is 594 g/mol. The molecule has 0 aromatic heterocycles. The minimum atomic E-state index is -1.24. The van der Waals surface area contributed by atoms with Gasteiger partial charge in [-0.1, -0.05) is 6.07 Å². The van der Waals surface area contributed by atoms with Crippen LogP contribution in [0.15, 0.2) is 30.3 Å². The number of Topliss-reactive ketones (excluding diaryl/α,β-unsaturated/α-hetero) is 1. The Morgan fingerprint density at radius 3 is 2.33 bits per heavy atom. The van der Waals surface area contributed by atoms with Crippen LogP contribution in [0.3, 0.4) is 0 Å². The van der Waals surface area contributed by atoms with Gasteiger partial charge in [0.15, 0.2) is 34.6 Å². The lowest BCUT2D eigenvalue weighted by atomic mass is 9.89. The zero-order valence-electron chi connectivity index (χ0n) is 24.4. The van der Waals surface area contributed by atoms with Crippen LogP contribution in [0.4, 0.5) is 0 Å². The summed E-state index contributed by atoms with van der Waals surface area (Å²) >= 11 is 0. The molecule has 0 bridgehead atoms. The summed E-state index contributed by atoms with van der Waals surface area (Å²) < 4.78 is 47.4. The van der Waals surface area contributed by atoms with Crippen molar-refractivity contribution in [3.8, 4) is 39.9 Å². The van der Waals surface area contributed by atoms with Crippen LogP contribution < -0.4 is 23.7 Å². The molecule has 11 heteroatoms. The number of rotatable bonds is 6. The standard InChI is InChI=1S/C32H34O11/c1-32(2)42-29-24(14-33)40-31(27(35)30(29)43-32)41-28-16-6-7-19(34)26(16)25(15-5-8-20-23(11-15)39-10-9-38-20)17-12-21(36-3)22(37-4)13-18(17)28/h5,8,11-13,24,27,29-31,33,35H,6-7,9-10,14H2,1-4H3. The van der Waals surface area contributed by atoms with Gasteiger partial charge >= 0.3 is 0 Å². The Morgan fingerprint density at radius 2 is 1.60 bits per heavy atom. The lowest BCUT2D eigenvalue weighted by molar-refractivity contribution is -0.254. The van der Waals surface area contributed by atoms with E-state index in [2.05, 4.69) is 0 Å². The van der Waals surface area contributed by atoms with Gasteiger partial charge in [0.05, 0.1) is 20.8 Å². The molecule has 3 heterocycles. The maximum atomic E-state index is 13.6. The van der Waals surface area contributed by atoms with Gasteiger partial charge in [-0.3, -0.25) is 4.79 Å². The molecule has 2 N–H and O–H groups in total. The van der Waals surface area contributed by atoms with E-state index in [-0.39, 0.29) is 18.8 Å². The molecule has 11 nitrogen and oxygen atoms in total. The lowest BCUT2D eigenvalue weighted by Gasteiger charge is -2.39. The van der Waals surface area contributed by atoms with Gasteiger partial charge in [0.2, 0.25) is 6.29 Å². The van der Waals surface area contributed by atoms with Gasteiger partial charge in [-0.2, -0.15) is 0 Å². The second-order valence-corrected chi connectivity index (χ2v) is 11.5. The Labute approximate surface area is 248 Å². The van der Waals surface area contributed by atoms with Crippen molar-refractivity contribution >= 4 is 16.6 Å². The number of hydrogen-bond acceptors (Lipinski definition) is 11. The zero-order valence-corrected chi connectivity index (χ0v) is 24.4. The Balaban J connectivity index is 1.41. The molecule has 0 radical (unpaired) electrons. The number of carbonyl (C=O) groups is 1. The van der Waals surface area contributed by atoms with Crippen LogP contribution in [0.25, 0.3) is 21.9 Å². The molecule has 228 valence electrons.